The number of carbonyl (C=O) groups is 1. The molecule has 0 bridgehead atoms. The van der Waals surface area contributed by atoms with Crippen molar-refractivity contribution in [2.75, 3.05) is 0 Å². The van der Waals surface area contributed by atoms with Crippen molar-refractivity contribution in [3.05, 3.63) is 60.2 Å². The van der Waals surface area contributed by atoms with Gasteiger partial charge in [0.2, 0.25) is 0 Å². The number of carboxylic acids is 1. The smallest absolute Gasteiger partial charge is 0.337 e. The van der Waals surface area contributed by atoms with Crippen LogP contribution in [0.1, 0.15) is 10.4 Å². The Hall–Kier alpha value is -2.69. The summed E-state index contributed by atoms with van der Waals surface area (Å²) in [4.78, 5) is 15.2. The quantitative estimate of drug-likeness (QED) is 0.767. The Labute approximate surface area is 107 Å². The molecule has 94 valence electrons. The fourth-order valence-electron chi connectivity index (χ4n) is 1.93. The van der Waals surface area contributed by atoms with Crippen molar-refractivity contribution in [3.8, 4) is 11.4 Å². The highest BCUT2D eigenvalue weighted by Crippen LogP contribution is 2.20. The zero-order valence-corrected chi connectivity index (χ0v) is 9.75. The van der Waals surface area contributed by atoms with Crippen LogP contribution in [-0.2, 0) is 0 Å². The maximum absolute atomic E-state index is 12.9. The number of hydrogen-bond acceptors (Lipinski definition) is 2. The van der Waals surface area contributed by atoms with Gasteiger partial charge in [-0.1, -0.05) is 0 Å². The summed E-state index contributed by atoms with van der Waals surface area (Å²) in [6, 6.07) is 9.11. The van der Waals surface area contributed by atoms with E-state index in [1.807, 2.05) is 0 Å². The highest BCUT2D eigenvalue weighted by Gasteiger charge is 2.09. The molecule has 1 N–H and O–H groups in total. The minimum Gasteiger partial charge on any atom is -0.478 e. The average molecular weight is 256 g/mol. The highest BCUT2D eigenvalue weighted by molar-refractivity contribution is 5.88. The van der Waals surface area contributed by atoms with Gasteiger partial charge in [-0.05, 0) is 36.4 Å². The fourth-order valence-corrected chi connectivity index (χ4v) is 1.93. The fraction of sp³-hybridized carbons (Fsp3) is 0. The molecule has 2 heterocycles. The Morgan fingerprint density at radius 3 is 2.58 bits per heavy atom. The summed E-state index contributed by atoms with van der Waals surface area (Å²) in [6.07, 6.45) is 3.15. The van der Waals surface area contributed by atoms with Crippen LogP contribution in [-0.4, -0.2) is 20.5 Å². The Morgan fingerprint density at radius 1 is 1.16 bits per heavy atom. The van der Waals surface area contributed by atoms with Gasteiger partial charge in [0, 0.05) is 11.8 Å². The van der Waals surface area contributed by atoms with E-state index in [1.54, 1.807) is 28.8 Å². The number of hydrogen-bond donors (Lipinski definition) is 1. The molecule has 4 nitrogen and oxygen atoms in total. The lowest BCUT2D eigenvalue weighted by atomic mass is 10.2. The molecule has 0 radical (unpaired) electrons. The third-order valence-electron chi connectivity index (χ3n) is 2.88. The Balaban J connectivity index is 2.21. The van der Waals surface area contributed by atoms with Crippen molar-refractivity contribution < 1.29 is 14.3 Å². The monoisotopic (exact) mass is 256 g/mol. The zero-order valence-electron chi connectivity index (χ0n) is 9.75. The molecule has 0 amide bonds. The molecule has 1 aromatic carbocycles. The number of fused-ring (bicyclic) bond motifs is 1. The van der Waals surface area contributed by atoms with Gasteiger partial charge in [0.25, 0.3) is 0 Å². The average Bonchev–Trinajstić information content (AvgIpc) is 2.82. The summed E-state index contributed by atoms with van der Waals surface area (Å²) in [5, 5.41) is 9.00. The maximum atomic E-state index is 12.9. The molecule has 0 unspecified atom stereocenters. The van der Waals surface area contributed by atoms with Gasteiger partial charge < -0.3 is 5.11 Å². The van der Waals surface area contributed by atoms with Gasteiger partial charge in [-0.15, -0.1) is 0 Å². The lowest BCUT2D eigenvalue weighted by Crippen LogP contribution is -1.99. The number of benzene rings is 1. The second kappa shape index (κ2) is 4.20. The molecule has 19 heavy (non-hydrogen) atoms. The van der Waals surface area contributed by atoms with E-state index in [4.69, 9.17) is 5.11 Å². The van der Waals surface area contributed by atoms with Gasteiger partial charge in [0.1, 0.15) is 11.6 Å². The van der Waals surface area contributed by atoms with Crippen molar-refractivity contribution in [3.63, 3.8) is 0 Å². The van der Waals surface area contributed by atoms with E-state index in [2.05, 4.69) is 4.98 Å². The number of imidazole rings is 1. The second-order valence-corrected chi connectivity index (χ2v) is 4.11. The van der Waals surface area contributed by atoms with Gasteiger partial charge in [-0.25, -0.2) is 14.2 Å². The highest BCUT2D eigenvalue weighted by atomic mass is 19.1. The van der Waals surface area contributed by atoms with Crippen molar-refractivity contribution in [1.82, 2.24) is 9.38 Å². The van der Waals surface area contributed by atoms with Crippen LogP contribution in [0.4, 0.5) is 4.39 Å². The zero-order chi connectivity index (χ0) is 13.4. The Bertz CT molecular complexity index is 763. The largest absolute Gasteiger partial charge is 0.478 e. The number of aromatic nitrogens is 2. The first-order valence-electron chi connectivity index (χ1n) is 5.61. The van der Waals surface area contributed by atoms with E-state index in [0.29, 0.717) is 5.82 Å². The molecule has 0 atom stereocenters. The van der Waals surface area contributed by atoms with Gasteiger partial charge in [0.15, 0.2) is 0 Å². The molecular formula is C14H9FN2O2. The predicted octanol–water partition coefficient (Wildman–Crippen LogP) is 2.84. The van der Waals surface area contributed by atoms with Crippen LogP contribution in [0.25, 0.3) is 16.9 Å². The maximum Gasteiger partial charge on any atom is 0.337 e. The summed E-state index contributed by atoms with van der Waals surface area (Å²) >= 11 is 0. The van der Waals surface area contributed by atoms with Crippen molar-refractivity contribution in [1.29, 1.82) is 0 Å². The van der Waals surface area contributed by atoms with E-state index >= 15 is 0 Å². The van der Waals surface area contributed by atoms with Crippen LogP contribution in [0, 0.1) is 5.82 Å². The van der Waals surface area contributed by atoms with Crippen LogP contribution < -0.4 is 0 Å². The second-order valence-electron chi connectivity index (χ2n) is 4.11. The van der Waals surface area contributed by atoms with E-state index in [0.717, 1.165) is 11.1 Å². The van der Waals surface area contributed by atoms with Crippen LogP contribution in [0.5, 0.6) is 0 Å². The number of aromatic carboxylic acids is 1. The number of carboxylic acid groups (broad SMARTS) is 1. The molecule has 0 fully saturated rings. The first kappa shape index (κ1) is 11.4. The summed E-state index contributed by atoms with van der Waals surface area (Å²) in [6.45, 7) is 0. The Kier molecular flexibility index (Phi) is 2.52. The molecule has 3 aromatic rings. The van der Waals surface area contributed by atoms with Crippen LogP contribution in [0.3, 0.4) is 0 Å². The van der Waals surface area contributed by atoms with Gasteiger partial charge in [0.05, 0.1) is 17.3 Å². The van der Waals surface area contributed by atoms with Crippen molar-refractivity contribution >= 4 is 11.5 Å². The lowest BCUT2D eigenvalue weighted by Gasteiger charge is -2.03. The normalized spacial score (nSPS) is 10.8. The standard InChI is InChI=1S/C14H9FN2O2/c15-11-4-1-9(2-5-11)13-16-7-12-6-3-10(14(18)19)8-17(12)13/h1-8H,(H,18,19). The number of rotatable bonds is 2. The number of pyridine rings is 1. The van der Waals surface area contributed by atoms with Crippen LogP contribution in [0.2, 0.25) is 0 Å². The van der Waals surface area contributed by atoms with Crippen molar-refractivity contribution in [2.45, 2.75) is 0 Å². The minimum atomic E-state index is -0.999. The topological polar surface area (TPSA) is 54.6 Å². The number of nitrogens with zero attached hydrogens (tertiary/aromatic N) is 2. The summed E-state index contributed by atoms with van der Waals surface area (Å²) < 4.78 is 14.6. The first-order valence-corrected chi connectivity index (χ1v) is 5.61. The van der Waals surface area contributed by atoms with Gasteiger partial charge in [-0.3, -0.25) is 4.40 Å². The van der Waals surface area contributed by atoms with E-state index in [9.17, 15) is 9.18 Å². The van der Waals surface area contributed by atoms with Crippen LogP contribution in [0.15, 0.2) is 48.8 Å². The Morgan fingerprint density at radius 2 is 1.89 bits per heavy atom. The van der Waals surface area contributed by atoms with Gasteiger partial charge >= 0.3 is 5.97 Å². The summed E-state index contributed by atoms with van der Waals surface area (Å²) in [5.41, 5.74) is 1.68. The number of halogens is 1. The van der Waals surface area contributed by atoms with Gasteiger partial charge in [-0.2, -0.15) is 0 Å². The lowest BCUT2D eigenvalue weighted by molar-refractivity contribution is 0.0696. The molecule has 5 heteroatoms. The third-order valence-corrected chi connectivity index (χ3v) is 2.88. The summed E-state index contributed by atoms with van der Waals surface area (Å²) in [7, 11) is 0. The molecule has 0 saturated carbocycles. The molecule has 2 aromatic heterocycles. The first-order chi connectivity index (χ1) is 9.15. The van der Waals surface area contributed by atoms with Crippen LogP contribution >= 0.6 is 0 Å². The molecule has 0 saturated heterocycles. The molecule has 0 aliphatic rings. The van der Waals surface area contributed by atoms with Crippen molar-refractivity contribution in [2.24, 2.45) is 0 Å². The third kappa shape index (κ3) is 1.95. The molecule has 3 rings (SSSR count). The molecule has 0 aliphatic heterocycles. The molecule has 0 aliphatic carbocycles. The SMILES string of the molecule is O=C(O)c1ccc2cnc(-c3ccc(F)cc3)n2c1. The minimum absolute atomic E-state index is 0.175. The molecule has 0 spiro atoms. The van der Waals surface area contributed by atoms with E-state index < -0.39 is 5.97 Å². The molecular weight excluding hydrogens is 247 g/mol. The summed E-state index contributed by atoms with van der Waals surface area (Å²) in [5.74, 6) is -0.741. The van der Waals surface area contributed by atoms with E-state index in [1.165, 1.54) is 24.4 Å². The predicted molar refractivity (Wildman–Crippen MR) is 67.5 cm³/mol. The van der Waals surface area contributed by atoms with E-state index in [-0.39, 0.29) is 11.4 Å².